The minimum Gasteiger partial charge on any atom is -0.459 e. The van der Waals surface area contributed by atoms with Gasteiger partial charge in [0.15, 0.2) is 0 Å². The molecule has 1 amide bonds. The first-order valence-corrected chi connectivity index (χ1v) is 8.17. The first kappa shape index (κ1) is 16.0. The van der Waals surface area contributed by atoms with E-state index in [-0.39, 0.29) is 24.2 Å². The molecule has 3 rings (SSSR count). The van der Waals surface area contributed by atoms with E-state index in [0.29, 0.717) is 6.54 Å². The Morgan fingerprint density at radius 3 is 2.70 bits per heavy atom. The van der Waals surface area contributed by atoms with Gasteiger partial charge in [0.2, 0.25) is 5.91 Å². The lowest BCUT2D eigenvalue weighted by molar-refractivity contribution is -0.126. The maximum atomic E-state index is 12.3. The van der Waals surface area contributed by atoms with Crippen LogP contribution in [0.1, 0.15) is 32.6 Å². The van der Waals surface area contributed by atoms with Crippen molar-refractivity contribution in [2.75, 3.05) is 19.6 Å². The first-order chi connectivity index (χ1) is 11.0. The van der Waals surface area contributed by atoms with Crippen molar-refractivity contribution < 1.29 is 13.9 Å². The van der Waals surface area contributed by atoms with Gasteiger partial charge in [-0.25, -0.2) is 0 Å². The first-order valence-electron chi connectivity index (χ1n) is 8.17. The molecule has 5 heteroatoms. The molecule has 0 spiro atoms. The highest BCUT2D eigenvalue weighted by molar-refractivity contribution is 5.80. The van der Waals surface area contributed by atoms with Crippen molar-refractivity contribution in [2.45, 2.75) is 39.0 Å². The highest BCUT2D eigenvalue weighted by Gasteiger charge is 2.24. The van der Waals surface area contributed by atoms with Crippen molar-refractivity contribution in [1.82, 2.24) is 10.2 Å². The minimum absolute atomic E-state index is 0.0132. The van der Waals surface area contributed by atoms with Crippen LogP contribution in [0.2, 0.25) is 0 Å². The van der Waals surface area contributed by atoms with Crippen LogP contribution in [0.15, 0.2) is 34.7 Å². The van der Waals surface area contributed by atoms with Crippen molar-refractivity contribution in [3.8, 4) is 0 Å². The average Bonchev–Trinajstić information content (AvgIpc) is 2.89. The lowest BCUT2D eigenvalue weighted by Crippen LogP contribution is -2.49. The van der Waals surface area contributed by atoms with Gasteiger partial charge >= 0.3 is 0 Å². The van der Waals surface area contributed by atoms with E-state index in [1.54, 1.807) is 0 Å². The van der Waals surface area contributed by atoms with E-state index in [0.717, 1.165) is 29.8 Å². The van der Waals surface area contributed by atoms with Crippen LogP contribution in [-0.2, 0) is 9.53 Å². The zero-order valence-corrected chi connectivity index (χ0v) is 13.9. The van der Waals surface area contributed by atoms with Crippen LogP contribution < -0.4 is 5.32 Å². The van der Waals surface area contributed by atoms with Crippen molar-refractivity contribution in [3.63, 3.8) is 0 Å². The second-order valence-electron chi connectivity index (χ2n) is 6.43. The van der Waals surface area contributed by atoms with Crippen LogP contribution in [0.4, 0.5) is 0 Å². The number of rotatable bonds is 4. The predicted octanol–water partition coefficient (Wildman–Crippen LogP) is 2.72. The number of fused-ring (bicyclic) bond motifs is 1. The van der Waals surface area contributed by atoms with E-state index < -0.39 is 0 Å². The molecular weight excluding hydrogens is 292 g/mol. The van der Waals surface area contributed by atoms with E-state index in [2.05, 4.69) is 10.2 Å². The third-order valence-corrected chi connectivity index (χ3v) is 4.11. The van der Waals surface area contributed by atoms with Crippen LogP contribution in [0, 0.1) is 0 Å². The SMILES string of the molecule is CC1CN(CC(=O)NC(C)c2cc3ccccc3o2)CC(C)O1. The molecule has 23 heavy (non-hydrogen) atoms. The van der Waals surface area contributed by atoms with Gasteiger partial charge in [-0.3, -0.25) is 9.69 Å². The Labute approximate surface area is 136 Å². The third-order valence-electron chi connectivity index (χ3n) is 4.11. The molecule has 1 saturated heterocycles. The molecule has 124 valence electrons. The molecule has 2 aromatic rings. The summed E-state index contributed by atoms with van der Waals surface area (Å²) in [6.45, 7) is 7.99. The topological polar surface area (TPSA) is 54.7 Å². The molecule has 0 radical (unpaired) electrons. The van der Waals surface area contributed by atoms with Crippen LogP contribution in [0.5, 0.6) is 0 Å². The predicted molar refractivity (Wildman–Crippen MR) is 89.2 cm³/mol. The molecule has 0 bridgehead atoms. The molecular formula is C18H24N2O3. The molecule has 1 fully saturated rings. The fourth-order valence-electron chi connectivity index (χ4n) is 3.19. The Kier molecular flexibility index (Phi) is 4.68. The summed E-state index contributed by atoms with van der Waals surface area (Å²) in [5.41, 5.74) is 0.847. The molecule has 3 unspecified atom stereocenters. The molecule has 1 aromatic heterocycles. The molecule has 1 aromatic carbocycles. The number of amides is 1. The van der Waals surface area contributed by atoms with Gasteiger partial charge in [-0.05, 0) is 32.9 Å². The molecule has 1 N–H and O–H groups in total. The van der Waals surface area contributed by atoms with Gasteiger partial charge in [0.1, 0.15) is 11.3 Å². The van der Waals surface area contributed by atoms with E-state index in [1.807, 2.05) is 51.1 Å². The van der Waals surface area contributed by atoms with Crippen molar-refractivity contribution in [2.24, 2.45) is 0 Å². The van der Waals surface area contributed by atoms with Gasteiger partial charge < -0.3 is 14.5 Å². The van der Waals surface area contributed by atoms with E-state index in [1.165, 1.54) is 0 Å². The zero-order valence-electron chi connectivity index (χ0n) is 13.9. The average molecular weight is 316 g/mol. The fraction of sp³-hybridized carbons (Fsp3) is 0.500. The Morgan fingerprint density at radius 2 is 2.00 bits per heavy atom. The third kappa shape index (κ3) is 3.92. The number of para-hydroxylation sites is 1. The maximum Gasteiger partial charge on any atom is 0.234 e. The van der Waals surface area contributed by atoms with Gasteiger partial charge in [-0.1, -0.05) is 18.2 Å². The van der Waals surface area contributed by atoms with E-state index in [4.69, 9.17) is 9.15 Å². The summed E-state index contributed by atoms with van der Waals surface area (Å²) >= 11 is 0. The smallest absolute Gasteiger partial charge is 0.234 e. The summed E-state index contributed by atoms with van der Waals surface area (Å²) in [5.74, 6) is 0.794. The highest BCUT2D eigenvalue weighted by atomic mass is 16.5. The second-order valence-corrected chi connectivity index (χ2v) is 6.43. The quantitative estimate of drug-likeness (QED) is 0.942. The van der Waals surface area contributed by atoms with Gasteiger partial charge in [0, 0.05) is 18.5 Å². The zero-order chi connectivity index (χ0) is 16.4. The number of benzene rings is 1. The molecule has 1 aliphatic rings. The number of morpholine rings is 1. The molecule has 5 nitrogen and oxygen atoms in total. The summed E-state index contributed by atoms with van der Waals surface area (Å²) < 4.78 is 11.5. The number of carbonyl (C=O) groups is 1. The van der Waals surface area contributed by atoms with Crippen LogP contribution >= 0.6 is 0 Å². The Balaban J connectivity index is 1.58. The fourth-order valence-corrected chi connectivity index (χ4v) is 3.19. The highest BCUT2D eigenvalue weighted by Crippen LogP contribution is 2.23. The number of nitrogens with one attached hydrogen (secondary N) is 1. The summed E-state index contributed by atoms with van der Waals surface area (Å²) in [6, 6.07) is 9.70. The number of ether oxygens (including phenoxy) is 1. The van der Waals surface area contributed by atoms with Gasteiger partial charge in [0.25, 0.3) is 0 Å². The summed E-state index contributed by atoms with van der Waals surface area (Å²) in [4.78, 5) is 14.4. The number of carbonyl (C=O) groups excluding carboxylic acids is 1. The minimum atomic E-state index is -0.147. The van der Waals surface area contributed by atoms with Gasteiger partial charge in [-0.15, -0.1) is 0 Å². The summed E-state index contributed by atoms with van der Waals surface area (Å²) in [5, 5.41) is 4.07. The van der Waals surface area contributed by atoms with Crippen LogP contribution in [0.3, 0.4) is 0 Å². The number of furan rings is 1. The number of hydrogen-bond donors (Lipinski definition) is 1. The van der Waals surface area contributed by atoms with Crippen LogP contribution in [-0.4, -0.2) is 42.6 Å². The van der Waals surface area contributed by atoms with Crippen molar-refractivity contribution in [3.05, 3.63) is 36.1 Å². The summed E-state index contributed by atoms with van der Waals surface area (Å²) in [7, 11) is 0. The number of nitrogens with zero attached hydrogens (tertiary/aromatic N) is 1. The Hall–Kier alpha value is -1.85. The molecule has 1 aliphatic heterocycles. The van der Waals surface area contributed by atoms with Crippen molar-refractivity contribution in [1.29, 1.82) is 0 Å². The molecule has 2 heterocycles. The van der Waals surface area contributed by atoms with Gasteiger partial charge in [0.05, 0.1) is 24.8 Å². The van der Waals surface area contributed by atoms with Crippen molar-refractivity contribution >= 4 is 16.9 Å². The number of hydrogen-bond acceptors (Lipinski definition) is 4. The molecule has 0 saturated carbocycles. The maximum absolute atomic E-state index is 12.3. The Morgan fingerprint density at radius 1 is 1.30 bits per heavy atom. The second kappa shape index (κ2) is 6.72. The van der Waals surface area contributed by atoms with Crippen LogP contribution in [0.25, 0.3) is 11.0 Å². The normalized spacial score (nSPS) is 23.8. The Bertz CT molecular complexity index is 639. The van der Waals surface area contributed by atoms with E-state index in [9.17, 15) is 4.79 Å². The van der Waals surface area contributed by atoms with E-state index >= 15 is 0 Å². The van der Waals surface area contributed by atoms with Gasteiger partial charge in [-0.2, -0.15) is 0 Å². The monoisotopic (exact) mass is 316 g/mol. The lowest BCUT2D eigenvalue weighted by Gasteiger charge is -2.34. The molecule has 0 aliphatic carbocycles. The molecule has 3 atom stereocenters. The lowest BCUT2D eigenvalue weighted by atomic mass is 10.2. The largest absolute Gasteiger partial charge is 0.459 e. The summed E-state index contributed by atoms with van der Waals surface area (Å²) in [6.07, 6.45) is 0.332. The standard InChI is InChI=1S/C18H24N2O3/c1-12-9-20(10-13(2)22-12)11-18(21)19-14(3)17-8-15-6-4-5-7-16(15)23-17/h4-8,12-14H,9-11H2,1-3H3,(H,19,21).